The summed E-state index contributed by atoms with van der Waals surface area (Å²) in [4.78, 5) is 73.7. The molecule has 0 saturated heterocycles. The zero-order valence-electron chi connectivity index (χ0n) is 30.7. The van der Waals surface area contributed by atoms with Crippen LogP contribution in [0.3, 0.4) is 0 Å². The number of aryl methyl sites for hydroxylation is 2. The Kier molecular flexibility index (Phi) is 14.0. The van der Waals surface area contributed by atoms with Crippen LogP contribution in [-0.2, 0) is 56.4 Å². The van der Waals surface area contributed by atoms with Crippen LogP contribution in [0.5, 0.6) is 23.0 Å². The number of benzene rings is 2. The first-order chi connectivity index (χ1) is 25.8. The average molecular weight is 753 g/mol. The van der Waals surface area contributed by atoms with Crippen LogP contribution in [0.15, 0.2) is 48.6 Å². The normalized spacial score (nSPS) is 15.1. The van der Waals surface area contributed by atoms with Crippen molar-refractivity contribution in [1.82, 2.24) is 10.6 Å². The number of nitrogens with one attached hydrogen (secondary N) is 2. The second kappa shape index (κ2) is 18.6. The zero-order chi connectivity index (χ0) is 39.4. The summed E-state index contributed by atoms with van der Waals surface area (Å²) in [6.07, 6.45) is -0.739. The molecule has 1 atom stereocenters. The summed E-state index contributed by atoms with van der Waals surface area (Å²) < 4.78 is 43.2. The lowest BCUT2D eigenvalue weighted by molar-refractivity contribution is -0.145. The summed E-state index contributed by atoms with van der Waals surface area (Å²) in [6, 6.07) is 6.66. The molecule has 0 saturated carbocycles. The number of amides is 2. The number of esters is 4. The summed E-state index contributed by atoms with van der Waals surface area (Å²) in [5.74, 6) is -1.26. The van der Waals surface area contributed by atoms with E-state index in [1.165, 1.54) is 19.9 Å². The molecule has 2 heterocycles. The Morgan fingerprint density at radius 2 is 1.11 bits per heavy atom. The molecule has 2 aliphatic rings. The summed E-state index contributed by atoms with van der Waals surface area (Å²) >= 11 is 0. The topological polar surface area (TPSA) is 200 Å². The largest absolute Gasteiger partial charge is 0.490 e. The molecule has 1 unspecified atom stereocenters. The van der Waals surface area contributed by atoms with E-state index in [-0.39, 0.29) is 81.8 Å². The van der Waals surface area contributed by atoms with E-state index in [0.717, 1.165) is 5.56 Å². The van der Waals surface area contributed by atoms with Gasteiger partial charge in [0.2, 0.25) is 0 Å². The van der Waals surface area contributed by atoms with Gasteiger partial charge in [-0.15, -0.1) is 0 Å². The molecule has 0 aliphatic carbocycles. The van der Waals surface area contributed by atoms with Gasteiger partial charge in [-0.3, -0.25) is 9.59 Å². The number of carbonyl (C=O) groups excluding carboxylic acids is 6. The maximum Gasteiger partial charge on any atom is 0.407 e. The molecule has 0 aromatic heterocycles. The lowest BCUT2D eigenvalue weighted by Crippen LogP contribution is -2.42. The quantitative estimate of drug-likeness (QED) is 0.0733. The van der Waals surface area contributed by atoms with Crippen LogP contribution in [0, 0.1) is 0 Å². The molecule has 54 heavy (non-hydrogen) atoms. The van der Waals surface area contributed by atoms with Gasteiger partial charge in [0.25, 0.3) is 0 Å². The molecule has 16 nitrogen and oxygen atoms in total. The number of alkyl carbamates (subject to hydrolysis) is 2. The Hall–Kier alpha value is -6.06. The first kappa shape index (κ1) is 40.7. The highest BCUT2D eigenvalue weighted by Crippen LogP contribution is 2.54. The van der Waals surface area contributed by atoms with Crippen LogP contribution in [0.1, 0.15) is 56.4 Å². The summed E-state index contributed by atoms with van der Waals surface area (Å²) in [6.45, 7) is 13.6. The number of rotatable bonds is 18. The van der Waals surface area contributed by atoms with Crippen LogP contribution in [0.25, 0.3) is 0 Å². The number of ether oxygens (including phenoxy) is 8. The lowest BCUT2D eigenvalue weighted by Gasteiger charge is -2.32. The van der Waals surface area contributed by atoms with Gasteiger partial charge in [0, 0.05) is 34.4 Å². The molecular weight excluding hydrogens is 708 g/mol. The SMILES string of the molecule is C=C(C)C(=O)OCCNC(=O)OCCOc1cc2c(cc1CC)C1(CC(=O)O2)C(=O)Oc2cc(OCCOC(=O)NCCOC(=O)C(=C)C)c(CC)cc21. The fourth-order valence-electron chi connectivity index (χ4n) is 5.57. The van der Waals surface area contributed by atoms with Crippen LogP contribution in [0.2, 0.25) is 0 Å². The minimum atomic E-state index is -1.48. The number of fused-ring (bicyclic) bond motifs is 4. The van der Waals surface area contributed by atoms with Gasteiger partial charge in [0.1, 0.15) is 68.1 Å². The maximum atomic E-state index is 13.8. The highest BCUT2D eigenvalue weighted by atomic mass is 16.6. The van der Waals surface area contributed by atoms with Gasteiger partial charge in [0.15, 0.2) is 0 Å². The van der Waals surface area contributed by atoms with Gasteiger partial charge in [-0.05, 0) is 49.9 Å². The van der Waals surface area contributed by atoms with Crippen LogP contribution in [-0.4, -0.2) is 88.8 Å². The fraction of sp³-hybridized carbons (Fsp3) is 0.421. The van der Waals surface area contributed by atoms with Gasteiger partial charge in [-0.2, -0.15) is 0 Å². The van der Waals surface area contributed by atoms with Crippen molar-refractivity contribution in [2.75, 3.05) is 52.7 Å². The van der Waals surface area contributed by atoms with E-state index in [4.69, 9.17) is 37.9 Å². The summed E-state index contributed by atoms with van der Waals surface area (Å²) in [5, 5.41) is 4.92. The lowest BCUT2D eigenvalue weighted by atomic mass is 9.70. The average Bonchev–Trinajstić information content (AvgIpc) is 3.40. The molecule has 0 fully saturated rings. The van der Waals surface area contributed by atoms with Crippen molar-refractivity contribution in [2.24, 2.45) is 0 Å². The van der Waals surface area contributed by atoms with Crippen molar-refractivity contribution in [2.45, 2.75) is 52.4 Å². The second-order valence-electron chi connectivity index (χ2n) is 12.2. The molecule has 0 bridgehead atoms. The van der Waals surface area contributed by atoms with Gasteiger partial charge in [-0.1, -0.05) is 27.0 Å². The van der Waals surface area contributed by atoms with Crippen molar-refractivity contribution in [3.63, 3.8) is 0 Å². The molecule has 0 radical (unpaired) electrons. The third-order valence-electron chi connectivity index (χ3n) is 8.25. The number of hydrogen-bond acceptors (Lipinski definition) is 14. The van der Waals surface area contributed by atoms with Crippen molar-refractivity contribution < 1.29 is 66.7 Å². The van der Waals surface area contributed by atoms with Crippen molar-refractivity contribution in [3.8, 4) is 23.0 Å². The molecule has 2 amide bonds. The Labute approximate surface area is 312 Å². The van der Waals surface area contributed by atoms with Gasteiger partial charge in [0.05, 0.1) is 19.5 Å². The third kappa shape index (κ3) is 9.87. The minimum Gasteiger partial charge on any atom is -0.490 e. The first-order valence-corrected chi connectivity index (χ1v) is 17.3. The monoisotopic (exact) mass is 752 g/mol. The van der Waals surface area contributed by atoms with E-state index in [0.29, 0.717) is 41.0 Å². The third-order valence-corrected chi connectivity index (χ3v) is 8.25. The second-order valence-corrected chi connectivity index (χ2v) is 12.2. The van der Waals surface area contributed by atoms with E-state index in [2.05, 4.69) is 23.8 Å². The smallest absolute Gasteiger partial charge is 0.407 e. The molecular formula is C38H44N2O14. The number of carbonyl (C=O) groups is 6. The first-order valence-electron chi connectivity index (χ1n) is 17.3. The maximum absolute atomic E-state index is 13.8. The van der Waals surface area contributed by atoms with E-state index >= 15 is 0 Å². The number of hydrogen-bond donors (Lipinski definition) is 2. The van der Waals surface area contributed by atoms with Gasteiger partial charge < -0.3 is 48.5 Å². The predicted molar refractivity (Wildman–Crippen MR) is 190 cm³/mol. The standard InChI is InChI=1S/C38H44N2O14/c1-7-24-17-26-30(19-28(24)47-13-15-51-36(45)39-9-11-49-33(42)22(3)4)53-32(41)21-38(26)27-18-25(8-2)29(20-31(27)54-35(38)44)48-14-16-52-37(46)40-10-12-50-34(43)23(5)6/h17-20H,3,5,7-16,21H2,1-2,4,6H3,(H,39,45)(H,40,46). The van der Waals surface area contributed by atoms with Crippen molar-refractivity contribution >= 4 is 36.1 Å². The molecule has 2 N–H and O–H groups in total. The molecule has 290 valence electrons. The summed E-state index contributed by atoms with van der Waals surface area (Å²) in [7, 11) is 0. The van der Waals surface area contributed by atoms with Crippen molar-refractivity contribution in [1.29, 1.82) is 0 Å². The molecule has 16 heteroatoms. The zero-order valence-corrected chi connectivity index (χ0v) is 30.7. The van der Waals surface area contributed by atoms with Crippen LogP contribution < -0.4 is 29.6 Å². The Morgan fingerprint density at radius 3 is 1.54 bits per heavy atom. The molecule has 4 rings (SSSR count). The minimum absolute atomic E-state index is 0.0105. The molecule has 2 aromatic carbocycles. The van der Waals surface area contributed by atoms with Crippen LogP contribution in [0.4, 0.5) is 9.59 Å². The van der Waals surface area contributed by atoms with Gasteiger partial charge in [-0.25, -0.2) is 19.2 Å². The molecule has 2 aliphatic heterocycles. The van der Waals surface area contributed by atoms with E-state index in [1.807, 2.05) is 13.8 Å². The Morgan fingerprint density at radius 1 is 0.667 bits per heavy atom. The van der Waals surface area contributed by atoms with Gasteiger partial charge >= 0.3 is 36.1 Å². The highest BCUT2D eigenvalue weighted by molar-refractivity contribution is 6.01. The Balaban J connectivity index is 1.40. The fourth-order valence-corrected chi connectivity index (χ4v) is 5.57. The summed E-state index contributed by atoms with van der Waals surface area (Å²) in [5.41, 5.74) is 1.39. The predicted octanol–water partition coefficient (Wildman–Crippen LogP) is 3.77. The van der Waals surface area contributed by atoms with E-state index in [9.17, 15) is 28.8 Å². The highest BCUT2D eigenvalue weighted by Gasteiger charge is 2.56. The molecule has 2 aromatic rings. The van der Waals surface area contributed by atoms with E-state index < -0.39 is 41.5 Å². The van der Waals surface area contributed by atoms with Crippen molar-refractivity contribution in [3.05, 3.63) is 70.8 Å². The Bertz CT molecular complexity index is 1820. The molecule has 1 spiro atoms. The van der Waals surface area contributed by atoms with Crippen LogP contribution >= 0.6 is 0 Å². The van der Waals surface area contributed by atoms with E-state index in [1.54, 1.807) is 18.2 Å².